The number of methoxy groups -OCH3 is 1. The second-order valence-electron chi connectivity index (χ2n) is 5.50. The van der Waals surface area contributed by atoms with Gasteiger partial charge in [-0.25, -0.2) is 0 Å². The number of hydrogen-bond donors (Lipinski definition) is 0. The molecule has 1 aromatic heterocycles. The van der Waals surface area contributed by atoms with Crippen LogP contribution in [-0.2, 0) is 17.9 Å². The second-order valence-corrected chi connectivity index (χ2v) is 5.50. The first-order chi connectivity index (χ1) is 10.7. The third-order valence-corrected chi connectivity index (χ3v) is 3.46. The van der Waals surface area contributed by atoms with Crippen LogP contribution in [0, 0.1) is 0 Å². The zero-order valence-corrected chi connectivity index (χ0v) is 13.5. The van der Waals surface area contributed by atoms with Gasteiger partial charge in [-0.1, -0.05) is 18.2 Å². The molecule has 1 heterocycles. The minimum Gasteiger partial charge on any atom is -0.487 e. The lowest BCUT2D eigenvalue weighted by molar-refractivity contribution is 0.0837. The number of benzene rings is 1. The predicted molar refractivity (Wildman–Crippen MR) is 87.8 cm³/mol. The summed E-state index contributed by atoms with van der Waals surface area (Å²) in [5.41, 5.74) is 2.19. The van der Waals surface area contributed by atoms with Gasteiger partial charge in [0.2, 0.25) is 0 Å². The van der Waals surface area contributed by atoms with E-state index in [9.17, 15) is 0 Å². The molecule has 0 radical (unpaired) electrons. The molecule has 2 aromatic rings. The van der Waals surface area contributed by atoms with E-state index in [-0.39, 0.29) is 6.10 Å². The van der Waals surface area contributed by atoms with Crippen molar-refractivity contribution in [3.05, 3.63) is 59.9 Å². The van der Waals surface area contributed by atoms with E-state index in [1.165, 1.54) is 5.56 Å². The number of likely N-dealkylation sites (N-methyl/N-ethyl adjacent to an activating group) is 1. The molecule has 1 aromatic carbocycles. The van der Waals surface area contributed by atoms with Crippen molar-refractivity contribution in [2.75, 3.05) is 20.7 Å². The lowest BCUT2D eigenvalue weighted by Crippen LogP contribution is -2.28. The standard InChI is InChI=1S/C18H24N2O2/c1-15(21-3)12-20(2)13-16-7-9-18(10-8-16)22-14-17-6-4-5-11-19-17/h4-11,15H,12-14H2,1-3H3. The van der Waals surface area contributed by atoms with E-state index in [1.54, 1.807) is 13.3 Å². The Bertz CT molecular complexity index is 543. The number of rotatable bonds is 8. The van der Waals surface area contributed by atoms with Crippen LogP contribution in [0.2, 0.25) is 0 Å². The summed E-state index contributed by atoms with van der Waals surface area (Å²) in [6.45, 7) is 4.37. The fourth-order valence-corrected chi connectivity index (χ4v) is 2.22. The molecule has 4 heteroatoms. The van der Waals surface area contributed by atoms with Crippen LogP contribution in [-0.4, -0.2) is 36.7 Å². The highest BCUT2D eigenvalue weighted by Gasteiger charge is 2.06. The number of aromatic nitrogens is 1. The molecule has 1 unspecified atom stereocenters. The fourth-order valence-electron chi connectivity index (χ4n) is 2.22. The Balaban J connectivity index is 1.82. The third kappa shape index (κ3) is 5.47. The molecule has 0 aliphatic heterocycles. The van der Waals surface area contributed by atoms with Gasteiger partial charge >= 0.3 is 0 Å². The molecule has 4 nitrogen and oxygen atoms in total. The van der Waals surface area contributed by atoms with E-state index in [4.69, 9.17) is 9.47 Å². The van der Waals surface area contributed by atoms with Gasteiger partial charge in [0.15, 0.2) is 0 Å². The first-order valence-corrected chi connectivity index (χ1v) is 7.50. The second kappa shape index (κ2) is 8.51. The summed E-state index contributed by atoms with van der Waals surface area (Å²) in [5, 5.41) is 0. The summed E-state index contributed by atoms with van der Waals surface area (Å²) in [6, 6.07) is 14.0. The molecule has 1 atom stereocenters. The Labute approximate surface area is 132 Å². The smallest absolute Gasteiger partial charge is 0.130 e. The Morgan fingerprint density at radius 2 is 1.91 bits per heavy atom. The molecular formula is C18H24N2O2. The van der Waals surface area contributed by atoms with Crippen molar-refractivity contribution in [3.63, 3.8) is 0 Å². The maximum atomic E-state index is 5.74. The first kappa shape index (κ1) is 16.5. The van der Waals surface area contributed by atoms with Gasteiger partial charge in [-0.15, -0.1) is 0 Å². The van der Waals surface area contributed by atoms with E-state index in [0.29, 0.717) is 6.61 Å². The summed E-state index contributed by atoms with van der Waals surface area (Å²) in [5.74, 6) is 0.863. The normalized spacial score (nSPS) is 12.4. The van der Waals surface area contributed by atoms with Crippen LogP contribution >= 0.6 is 0 Å². The number of nitrogens with zero attached hydrogens (tertiary/aromatic N) is 2. The summed E-state index contributed by atoms with van der Waals surface area (Å²) < 4.78 is 11.0. The van der Waals surface area contributed by atoms with Gasteiger partial charge in [0.25, 0.3) is 0 Å². The van der Waals surface area contributed by atoms with Crippen LogP contribution < -0.4 is 4.74 Å². The maximum Gasteiger partial charge on any atom is 0.130 e. The van der Waals surface area contributed by atoms with Gasteiger partial charge in [-0.3, -0.25) is 9.88 Å². The molecule has 0 bridgehead atoms. The molecule has 0 saturated heterocycles. The number of ether oxygens (including phenoxy) is 2. The van der Waals surface area contributed by atoms with Crippen LogP contribution in [0.3, 0.4) is 0 Å². The van der Waals surface area contributed by atoms with Crippen LogP contribution in [0.4, 0.5) is 0 Å². The Kier molecular flexibility index (Phi) is 6.37. The lowest BCUT2D eigenvalue weighted by atomic mass is 10.2. The van der Waals surface area contributed by atoms with Crippen molar-refractivity contribution in [2.45, 2.75) is 26.2 Å². The molecule has 0 amide bonds. The van der Waals surface area contributed by atoms with E-state index >= 15 is 0 Å². The van der Waals surface area contributed by atoms with Crippen molar-refractivity contribution in [3.8, 4) is 5.75 Å². The van der Waals surface area contributed by atoms with Crippen molar-refractivity contribution < 1.29 is 9.47 Å². The number of pyridine rings is 1. The van der Waals surface area contributed by atoms with Crippen LogP contribution in [0.15, 0.2) is 48.7 Å². The summed E-state index contributed by atoms with van der Waals surface area (Å²) in [4.78, 5) is 6.49. The highest BCUT2D eigenvalue weighted by Crippen LogP contribution is 2.15. The molecule has 0 aliphatic rings. The summed E-state index contributed by atoms with van der Waals surface area (Å²) in [6.07, 6.45) is 2.02. The highest BCUT2D eigenvalue weighted by atomic mass is 16.5. The topological polar surface area (TPSA) is 34.6 Å². The summed E-state index contributed by atoms with van der Waals surface area (Å²) >= 11 is 0. The van der Waals surface area contributed by atoms with E-state index in [0.717, 1.165) is 24.5 Å². The average molecular weight is 300 g/mol. The monoisotopic (exact) mass is 300 g/mol. The first-order valence-electron chi connectivity index (χ1n) is 7.50. The van der Waals surface area contributed by atoms with Crippen molar-refractivity contribution in [2.24, 2.45) is 0 Å². The molecule has 118 valence electrons. The van der Waals surface area contributed by atoms with Crippen LogP contribution in [0.25, 0.3) is 0 Å². The van der Waals surface area contributed by atoms with Gasteiger partial charge < -0.3 is 9.47 Å². The molecule has 0 fully saturated rings. The molecule has 0 N–H and O–H groups in total. The van der Waals surface area contributed by atoms with Gasteiger partial charge in [0, 0.05) is 26.4 Å². The van der Waals surface area contributed by atoms with Crippen molar-refractivity contribution >= 4 is 0 Å². The molecule has 2 rings (SSSR count). The third-order valence-electron chi connectivity index (χ3n) is 3.46. The lowest BCUT2D eigenvalue weighted by Gasteiger charge is -2.20. The minimum absolute atomic E-state index is 0.242. The molecule has 22 heavy (non-hydrogen) atoms. The summed E-state index contributed by atoms with van der Waals surface area (Å²) in [7, 11) is 3.84. The Hall–Kier alpha value is -1.91. The SMILES string of the molecule is COC(C)CN(C)Cc1ccc(OCc2ccccn2)cc1. The zero-order chi connectivity index (χ0) is 15.8. The Morgan fingerprint density at radius 1 is 1.14 bits per heavy atom. The van der Waals surface area contributed by atoms with Gasteiger partial charge in [-0.2, -0.15) is 0 Å². The van der Waals surface area contributed by atoms with Crippen LogP contribution in [0.1, 0.15) is 18.2 Å². The van der Waals surface area contributed by atoms with E-state index < -0.39 is 0 Å². The fraction of sp³-hybridized carbons (Fsp3) is 0.389. The highest BCUT2D eigenvalue weighted by molar-refractivity contribution is 5.27. The molecular weight excluding hydrogens is 276 g/mol. The quantitative estimate of drug-likeness (QED) is 0.750. The Morgan fingerprint density at radius 3 is 2.55 bits per heavy atom. The van der Waals surface area contributed by atoms with Crippen molar-refractivity contribution in [1.82, 2.24) is 9.88 Å². The largest absolute Gasteiger partial charge is 0.487 e. The van der Waals surface area contributed by atoms with Crippen molar-refractivity contribution in [1.29, 1.82) is 0 Å². The zero-order valence-electron chi connectivity index (χ0n) is 13.5. The number of hydrogen-bond acceptors (Lipinski definition) is 4. The van der Waals surface area contributed by atoms with Gasteiger partial charge in [0.1, 0.15) is 12.4 Å². The molecule has 0 aliphatic carbocycles. The minimum atomic E-state index is 0.242. The van der Waals surface area contributed by atoms with E-state index in [1.807, 2.05) is 30.3 Å². The molecule has 0 spiro atoms. The average Bonchev–Trinajstić information content (AvgIpc) is 2.55. The molecule has 0 saturated carbocycles. The van der Waals surface area contributed by atoms with E-state index in [2.05, 4.69) is 36.0 Å². The maximum absolute atomic E-state index is 5.74. The van der Waals surface area contributed by atoms with Gasteiger partial charge in [0.05, 0.1) is 11.8 Å². The van der Waals surface area contributed by atoms with Crippen LogP contribution in [0.5, 0.6) is 5.75 Å². The van der Waals surface area contributed by atoms with Gasteiger partial charge in [-0.05, 0) is 43.8 Å². The predicted octanol–water partition coefficient (Wildman–Crippen LogP) is 3.13.